The van der Waals surface area contributed by atoms with E-state index in [1.807, 2.05) is 30.3 Å². The van der Waals surface area contributed by atoms with E-state index >= 15 is 0 Å². The van der Waals surface area contributed by atoms with E-state index in [0.717, 1.165) is 5.56 Å². The molecular weight excluding hydrogens is 216 g/mol. The molecule has 0 saturated heterocycles. The highest BCUT2D eigenvalue weighted by Gasteiger charge is 2.16. The topological polar surface area (TPSA) is 39.4 Å². The van der Waals surface area contributed by atoms with Gasteiger partial charge in [-0.3, -0.25) is 0 Å². The van der Waals surface area contributed by atoms with Crippen molar-refractivity contribution in [3.05, 3.63) is 72.7 Å². The molecule has 1 aromatic heterocycles. The SMILES string of the molecule is C=CC(OC(=O)c1ccco1)c1ccccc1. The van der Waals surface area contributed by atoms with E-state index in [9.17, 15) is 4.79 Å². The molecule has 1 atom stereocenters. The minimum atomic E-state index is -0.497. The van der Waals surface area contributed by atoms with Crippen LogP contribution in [0.4, 0.5) is 0 Å². The molecule has 0 fully saturated rings. The van der Waals surface area contributed by atoms with Gasteiger partial charge in [0.1, 0.15) is 6.10 Å². The second-order valence-corrected chi connectivity index (χ2v) is 3.45. The van der Waals surface area contributed by atoms with Gasteiger partial charge in [-0.05, 0) is 23.8 Å². The van der Waals surface area contributed by atoms with Crippen molar-refractivity contribution < 1.29 is 13.9 Å². The third-order valence-electron chi connectivity index (χ3n) is 2.30. The van der Waals surface area contributed by atoms with E-state index in [1.165, 1.54) is 6.26 Å². The van der Waals surface area contributed by atoms with Gasteiger partial charge in [-0.1, -0.05) is 36.9 Å². The minimum Gasteiger partial charge on any atom is -0.457 e. The molecule has 0 aliphatic rings. The molecular formula is C14H12O3. The second-order valence-electron chi connectivity index (χ2n) is 3.45. The van der Waals surface area contributed by atoms with Crippen LogP contribution in [-0.4, -0.2) is 5.97 Å². The standard InChI is InChI=1S/C14H12O3/c1-2-12(11-7-4-3-5-8-11)17-14(15)13-9-6-10-16-13/h2-10,12H,1H2. The van der Waals surface area contributed by atoms with E-state index in [4.69, 9.17) is 9.15 Å². The third kappa shape index (κ3) is 2.64. The Labute approximate surface area is 99.3 Å². The summed E-state index contributed by atoms with van der Waals surface area (Å²) in [5.74, 6) is -0.309. The highest BCUT2D eigenvalue weighted by Crippen LogP contribution is 2.19. The molecule has 2 aromatic rings. The van der Waals surface area contributed by atoms with E-state index < -0.39 is 12.1 Å². The van der Waals surface area contributed by atoms with Crippen molar-refractivity contribution in [2.75, 3.05) is 0 Å². The van der Waals surface area contributed by atoms with Gasteiger partial charge in [0.15, 0.2) is 0 Å². The number of carbonyl (C=O) groups excluding carboxylic acids is 1. The quantitative estimate of drug-likeness (QED) is 0.595. The molecule has 0 aliphatic heterocycles. The highest BCUT2D eigenvalue weighted by molar-refractivity contribution is 5.86. The van der Waals surface area contributed by atoms with Crippen molar-refractivity contribution >= 4 is 5.97 Å². The van der Waals surface area contributed by atoms with Crippen LogP contribution >= 0.6 is 0 Å². The molecule has 0 saturated carbocycles. The third-order valence-corrected chi connectivity index (χ3v) is 2.30. The van der Waals surface area contributed by atoms with Crippen molar-refractivity contribution in [3.8, 4) is 0 Å². The van der Waals surface area contributed by atoms with Crippen LogP contribution in [0.25, 0.3) is 0 Å². The maximum atomic E-state index is 11.7. The molecule has 0 aliphatic carbocycles. The van der Waals surface area contributed by atoms with Crippen molar-refractivity contribution in [3.63, 3.8) is 0 Å². The molecule has 0 spiro atoms. The van der Waals surface area contributed by atoms with Crippen molar-refractivity contribution in [2.45, 2.75) is 6.10 Å². The van der Waals surface area contributed by atoms with Crippen molar-refractivity contribution in [1.29, 1.82) is 0 Å². The summed E-state index contributed by atoms with van der Waals surface area (Å²) in [4.78, 5) is 11.7. The Kier molecular flexibility index (Phi) is 3.40. The molecule has 1 aromatic carbocycles. The molecule has 1 unspecified atom stereocenters. The van der Waals surface area contributed by atoms with E-state index in [-0.39, 0.29) is 5.76 Å². The average Bonchev–Trinajstić information content (AvgIpc) is 2.90. The fourth-order valence-electron chi connectivity index (χ4n) is 1.46. The highest BCUT2D eigenvalue weighted by atomic mass is 16.6. The first-order valence-corrected chi connectivity index (χ1v) is 5.23. The fourth-order valence-corrected chi connectivity index (χ4v) is 1.46. The molecule has 1 heterocycles. The summed E-state index contributed by atoms with van der Waals surface area (Å²) in [5, 5.41) is 0. The van der Waals surface area contributed by atoms with Gasteiger partial charge in [0.2, 0.25) is 5.76 Å². The van der Waals surface area contributed by atoms with Gasteiger partial charge in [-0.2, -0.15) is 0 Å². The van der Waals surface area contributed by atoms with Crippen LogP contribution in [0.15, 0.2) is 65.8 Å². The lowest BCUT2D eigenvalue weighted by atomic mass is 10.1. The maximum absolute atomic E-state index is 11.7. The lowest BCUT2D eigenvalue weighted by Crippen LogP contribution is -2.09. The van der Waals surface area contributed by atoms with Gasteiger partial charge in [-0.25, -0.2) is 4.79 Å². The smallest absolute Gasteiger partial charge is 0.375 e. The molecule has 3 nitrogen and oxygen atoms in total. The van der Waals surface area contributed by atoms with Crippen LogP contribution in [0.1, 0.15) is 22.2 Å². The Hall–Kier alpha value is -2.29. The van der Waals surface area contributed by atoms with E-state index in [0.29, 0.717) is 0 Å². The Morgan fingerprint density at radius 2 is 2.00 bits per heavy atom. The predicted octanol–water partition coefficient (Wildman–Crippen LogP) is 3.36. The predicted molar refractivity (Wildman–Crippen MR) is 63.5 cm³/mol. The molecule has 3 heteroatoms. The zero-order chi connectivity index (χ0) is 12.1. The summed E-state index contributed by atoms with van der Waals surface area (Å²) in [7, 11) is 0. The zero-order valence-electron chi connectivity index (χ0n) is 9.21. The molecule has 0 amide bonds. The van der Waals surface area contributed by atoms with E-state index in [2.05, 4.69) is 6.58 Å². The molecule has 17 heavy (non-hydrogen) atoms. The normalized spacial score (nSPS) is 11.8. The summed E-state index contributed by atoms with van der Waals surface area (Å²) in [6.45, 7) is 3.66. The number of hydrogen-bond donors (Lipinski definition) is 0. The monoisotopic (exact) mass is 228 g/mol. The number of carbonyl (C=O) groups is 1. The first-order chi connectivity index (χ1) is 8.31. The number of benzene rings is 1. The average molecular weight is 228 g/mol. The maximum Gasteiger partial charge on any atom is 0.375 e. The summed E-state index contributed by atoms with van der Waals surface area (Å²) in [6, 6.07) is 12.6. The van der Waals surface area contributed by atoms with Crippen molar-refractivity contribution in [1.82, 2.24) is 0 Å². The number of ether oxygens (including phenoxy) is 1. The van der Waals surface area contributed by atoms with Crippen LogP contribution in [0.2, 0.25) is 0 Å². The summed E-state index contributed by atoms with van der Waals surface area (Å²) < 4.78 is 10.2. The number of hydrogen-bond acceptors (Lipinski definition) is 3. The van der Waals surface area contributed by atoms with Gasteiger partial charge >= 0.3 is 5.97 Å². The summed E-state index contributed by atoms with van der Waals surface area (Å²) >= 11 is 0. The Bertz CT molecular complexity index is 485. The number of rotatable bonds is 4. The lowest BCUT2D eigenvalue weighted by molar-refractivity contribution is 0.0355. The first-order valence-electron chi connectivity index (χ1n) is 5.23. The largest absolute Gasteiger partial charge is 0.457 e. The minimum absolute atomic E-state index is 0.188. The van der Waals surface area contributed by atoms with E-state index in [1.54, 1.807) is 18.2 Å². The second kappa shape index (κ2) is 5.16. The van der Waals surface area contributed by atoms with Gasteiger partial charge in [0, 0.05) is 0 Å². The van der Waals surface area contributed by atoms with Crippen molar-refractivity contribution in [2.24, 2.45) is 0 Å². The zero-order valence-corrected chi connectivity index (χ0v) is 9.21. The Morgan fingerprint density at radius 1 is 1.24 bits per heavy atom. The van der Waals surface area contributed by atoms with Crippen LogP contribution in [0.3, 0.4) is 0 Å². The van der Waals surface area contributed by atoms with Gasteiger partial charge in [-0.15, -0.1) is 0 Å². The molecule has 0 bridgehead atoms. The van der Waals surface area contributed by atoms with Crippen LogP contribution in [0, 0.1) is 0 Å². The molecule has 86 valence electrons. The first kappa shape index (κ1) is 11.2. The summed E-state index contributed by atoms with van der Waals surface area (Å²) in [6.07, 6.45) is 2.55. The fraction of sp³-hybridized carbons (Fsp3) is 0.0714. The summed E-state index contributed by atoms with van der Waals surface area (Å²) in [5.41, 5.74) is 0.877. The van der Waals surface area contributed by atoms with Gasteiger partial charge < -0.3 is 9.15 Å². The van der Waals surface area contributed by atoms with Crippen LogP contribution in [-0.2, 0) is 4.74 Å². The molecule has 0 N–H and O–H groups in total. The van der Waals surface area contributed by atoms with Gasteiger partial charge in [0.25, 0.3) is 0 Å². The number of furan rings is 1. The van der Waals surface area contributed by atoms with Crippen LogP contribution in [0.5, 0.6) is 0 Å². The Morgan fingerprint density at radius 3 is 2.59 bits per heavy atom. The van der Waals surface area contributed by atoms with Crippen LogP contribution < -0.4 is 0 Å². The lowest BCUT2D eigenvalue weighted by Gasteiger charge is -2.13. The van der Waals surface area contributed by atoms with Gasteiger partial charge in [0.05, 0.1) is 6.26 Å². The molecule has 2 rings (SSSR count). The number of esters is 1. The Balaban J connectivity index is 2.11. The molecule has 0 radical (unpaired) electrons.